The third-order valence-corrected chi connectivity index (χ3v) is 8.96. The van der Waals surface area contributed by atoms with Crippen LogP contribution in [0.3, 0.4) is 0 Å². The molecule has 170 valence electrons. The highest BCUT2D eigenvalue weighted by Crippen LogP contribution is 2.40. The number of carboxylic acids is 1. The van der Waals surface area contributed by atoms with Crippen molar-refractivity contribution in [3.8, 4) is 23.0 Å². The number of nitrogens with zero attached hydrogens (tertiary/aromatic N) is 1. The summed E-state index contributed by atoms with van der Waals surface area (Å²) < 4.78 is 41.9. The lowest BCUT2D eigenvalue weighted by Gasteiger charge is -2.38. The molecule has 3 aliphatic rings. The first-order valence-electron chi connectivity index (χ1n) is 10.8. The van der Waals surface area contributed by atoms with E-state index in [-0.39, 0.29) is 17.7 Å². The average Bonchev–Trinajstić information content (AvgIpc) is 3.65. The van der Waals surface area contributed by atoms with Crippen LogP contribution in [0.5, 0.6) is 23.0 Å². The molecular formula is C23H25NO7S. The lowest BCUT2D eigenvalue weighted by atomic mass is 9.95. The molecule has 1 N–H and O–H groups in total. The van der Waals surface area contributed by atoms with E-state index in [1.807, 2.05) is 0 Å². The molecule has 2 aromatic carbocycles. The van der Waals surface area contributed by atoms with Crippen LogP contribution in [0.15, 0.2) is 47.4 Å². The Hall–Kier alpha value is -2.78. The molecule has 2 aliphatic heterocycles. The highest BCUT2D eigenvalue weighted by Gasteiger charge is 2.54. The van der Waals surface area contributed by atoms with Crippen molar-refractivity contribution >= 4 is 15.8 Å². The van der Waals surface area contributed by atoms with Crippen LogP contribution in [0.1, 0.15) is 25.7 Å². The van der Waals surface area contributed by atoms with Crippen LogP contribution in [-0.4, -0.2) is 61.5 Å². The number of carboxylic acid groups (broad SMARTS) is 1. The maximum atomic E-state index is 13.4. The summed E-state index contributed by atoms with van der Waals surface area (Å²) in [6.07, 6.45) is 2.41. The second-order valence-electron chi connectivity index (χ2n) is 8.45. The first-order valence-corrected chi connectivity index (χ1v) is 12.3. The molecule has 1 saturated carbocycles. The second-order valence-corrected chi connectivity index (χ2v) is 10.7. The Morgan fingerprint density at radius 1 is 0.969 bits per heavy atom. The molecule has 2 aromatic rings. The molecule has 0 aromatic heterocycles. The zero-order valence-corrected chi connectivity index (χ0v) is 18.3. The van der Waals surface area contributed by atoms with Crippen LogP contribution < -0.4 is 14.2 Å². The molecule has 32 heavy (non-hydrogen) atoms. The number of fused-ring (bicyclic) bond motifs is 1. The van der Waals surface area contributed by atoms with Gasteiger partial charge in [-0.1, -0.05) is 0 Å². The third-order valence-electron chi connectivity index (χ3n) is 6.46. The van der Waals surface area contributed by atoms with Gasteiger partial charge in [-0.15, -0.1) is 0 Å². The SMILES string of the molecule is O=C(O)C1(S(=O)(=O)c2ccc(Oc3ccc4c(c3)OCCO4)cc2)CCN(C2CC2)CC1. The van der Waals surface area contributed by atoms with Crippen LogP contribution in [0, 0.1) is 0 Å². The van der Waals surface area contributed by atoms with Gasteiger partial charge >= 0.3 is 5.97 Å². The van der Waals surface area contributed by atoms with E-state index < -0.39 is 20.6 Å². The van der Waals surface area contributed by atoms with Crippen molar-refractivity contribution in [2.45, 2.75) is 41.4 Å². The van der Waals surface area contributed by atoms with E-state index in [9.17, 15) is 18.3 Å². The Kier molecular flexibility index (Phi) is 5.25. The van der Waals surface area contributed by atoms with Crippen LogP contribution >= 0.6 is 0 Å². The molecule has 1 aliphatic carbocycles. The minimum atomic E-state index is -4.07. The summed E-state index contributed by atoms with van der Waals surface area (Å²) in [7, 11) is -4.07. The lowest BCUT2D eigenvalue weighted by Crippen LogP contribution is -2.54. The Bertz CT molecular complexity index is 1120. The fraction of sp³-hybridized carbons (Fsp3) is 0.435. The number of likely N-dealkylation sites (tertiary alicyclic amines) is 1. The quantitative estimate of drug-likeness (QED) is 0.703. The maximum Gasteiger partial charge on any atom is 0.325 e. The van der Waals surface area contributed by atoms with Crippen LogP contribution in [0.2, 0.25) is 0 Å². The van der Waals surface area contributed by atoms with Gasteiger partial charge in [-0.05, 0) is 62.1 Å². The molecule has 9 heteroatoms. The minimum Gasteiger partial charge on any atom is -0.486 e. The molecule has 0 spiro atoms. The number of rotatable bonds is 6. The van der Waals surface area contributed by atoms with Crippen molar-refractivity contribution in [2.24, 2.45) is 0 Å². The molecule has 0 amide bonds. The van der Waals surface area contributed by atoms with Crippen molar-refractivity contribution < 1.29 is 32.5 Å². The van der Waals surface area contributed by atoms with Gasteiger partial charge in [-0.25, -0.2) is 8.42 Å². The zero-order chi connectivity index (χ0) is 22.3. The van der Waals surface area contributed by atoms with Gasteiger partial charge in [0.25, 0.3) is 0 Å². The molecule has 2 fully saturated rings. The highest BCUT2D eigenvalue weighted by atomic mass is 32.2. The van der Waals surface area contributed by atoms with Gasteiger partial charge < -0.3 is 24.2 Å². The summed E-state index contributed by atoms with van der Waals surface area (Å²) in [4.78, 5) is 14.4. The van der Waals surface area contributed by atoms with Crippen molar-refractivity contribution in [3.63, 3.8) is 0 Å². The fourth-order valence-electron chi connectivity index (χ4n) is 4.42. The number of sulfone groups is 1. The molecule has 0 bridgehead atoms. The van der Waals surface area contributed by atoms with E-state index >= 15 is 0 Å². The molecule has 5 rings (SSSR count). The zero-order valence-electron chi connectivity index (χ0n) is 17.5. The van der Waals surface area contributed by atoms with Gasteiger partial charge in [0.05, 0.1) is 4.90 Å². The van der Waals surface area contributed by atoms with Gasteiger partial charge in [-0.2, -0.15) is 0 Å². The number of hydrogen-bond acceptors (Lipinski definition) is 7. The summed E-state index contributed by atoms with van der Waals surface area (Å²) in [6.45, 7) is 1.94. The van der Waals surface area contributed by atoms with E-state index in [2.05, 4.69) is 4.90 Å². The van der Waals surface area contributed by atoms with E-state index in [1.165, 1.54) is 12.1 Å². The molecular weight excluding hydrogens is 434 g/mol. The number of ether oxygens (including phenoxy) is 3. The van der Waals surface area contributed by atoms with Crippen LogP contribution in [0.4, 0.5) is 0 Å². The first-order chi connectivity index (χ1) is 15.4. The Morgan fingerprint density at radius 3 is 2.22 bits per heavy atom. The van der Waals surface area contributed by atoms with E-state index in [0.29, 0.717) is 55.3 Å². The molecule has 1 saturated heterocycles. The van der Waals surface area contributed by atoms with E-state index in [1.54, 1.807) is 30.3 Å². The van der Waals surface area contributed by atoms with Gasteiger partial charge in [-0.3, -0.25) is 4.79 Å². The predicted molar refractivity (Wildman–Crippen MR) is 115 cm³/mol. The summed E-state index contributed by atoms with van der Waals surface area (Å²) in [5.41, 5.74) is 0. The van der Waals surface area contributed by atoms with Crippen molar-refractivity contribution in [2.75, 3.05) is 26.3 Å². The highest BCUT2D eigenvalue weighted by molar-refractivity contribution is 7.93. The summed E-state index contributed by atoms with van der Waals surface area (Å²) in [6, 6.07) is 11.6. The van der Waals surface area contributed by atoms with Crippen LogP contribution in [-0.2, 0) is 14.6 Å². The Balaban J connectivity index is 1.34. The Morgan fingerprint density at radius 2 is 1.59 bits per heavy atom. The number of aliphatic carboxylic acids is 1. The summed E-state index contributed by atoms with van der Waals surface area (Å²) in [5.74, 6) is 0.933. The second kappa shape index (κ2) is 7.97. The number of hydrogen-bond donors (Lipinski definition) is 1. The van der Waals surface area contributed by atoms with Crippen molar-refractivity contribution in [1.29, 1.82) is 0 Å². The first kappa shape index (κ1) is 21.1. The van der Waals surface area contributed by atoms with Gasteiger partial charge in [0.2, 0.25) is 0 Å². The van der Waals surface area contributed by atoms with Crippen LogP contribution in [0.25, 0.3) is 0 Å². The Labute approximate surface area is 186 Å². The minimum absolute atomic E-state index is 0.00528. The van der Waals surface area contributed by atoms with Crippen molar-refractivity contribution in [3.05, 3.63) is 42.5 Å². The number of piperidine rings is 1. The predicted octanol–water partition coefficient (Wildman–Crippen LogP) is 3.11. The van der Waals surface area contributed by atoms with E-state index in [4.69, 9.17) is 14.2 Å². The lowest BCUT2D eigenvalue weighted by molar-refractivity contribution is -0.141. The summed E-state index contributed by atoms with van der Waals surface area (Å²) in [5, 5.41) is 9.93. The number of carbonyl (C=O) groups is 1. The smallest absolute Gasteiger partial charge is 0.325 e. The average molecular weight is 460 g/mol. The van der Waals surface area contributed by atoms with E-state index in [0.717, 1.165) is 12.8 Å². The van der Waals surface area contributed by atoms with Gasteiger partial charge in [0, 0.05) is 25.2 Å². The molecule has 8 nitrogen and oxygen atoms in total. The number of benzene rings is 2. The van der Waals surface area contributed by atoms with Gasteiger partial charge in [0.1, 0.15) is 24.7 Å². The molecule has 0 atom stereocenters. The topological polar surface area (TPSA) is 102 Å². The van der Waals surface area contributed by atoms with Crippen molar-refractivity contribution in [1.82, 2.24) is 4.90 Å². The monoisotopic (exact) mass is 459 g/mol. The normalized spacial score (nSPS) is 20.5. The van der Waals surface area contributed by atoms with Gasteiger partial charge in [0.15, 0.2) is 26.1 Å². The molecule has 0 unspecified atom stereocenters. The largest absolute Gasteiger partial charge is 0.486 e. The maximum absolute atomic E-state index is 13.4. The summed E-state index contributed by atoms with van der Waals surface area (Å²) >= 11 is 0. The molecule has 0 radical (unpaired) electrons. The standard InChI is InChI=1S/C23H25NO7S/c25-22(26)23(9-11-24(12-10-23)16-1-2-16)32(27,28)19-6-3-17(4-7-19)31-18-5-8-20-21(15-18)30-14-13-29-20/h3-8,15-16H,1-2,9-14H2,(H,25,26). The molecule has 2 heterocycles. The third kappa shape index (κ3) is 3.69. The fourth-order valence-corrected chi connectivity index (χ4v) is 6.32.